The molecule has 1 saturated heterocycles. The van der Waals surface area contributed by atoms with Crippen LogP contribution in [0, 0.1) is 0 Å². The second-order valence-corrected chi connectivity index (χ2v) is 8.16. The van der Waals surface area contributed by atoms with Gasteiger partial charge in [-0.15, -0.1) is 5.10 Å². The smallest absolute Gasteiger partial charge is 0.240 e. The molecule has 176 valence electrons. The number of hydrogen-bond donors (Lipinski definition) is 2. The van der Waals surface area contributed by atoms with Crippen LogP contribution in [0.1, 0.15) is 16.8 Å². The topological polar surface area (TPSA) is 123 Å². The normalized spacial score (nSPS) is 22.4. The Morgan fingerprint density at radius 3 is 2.41 bits per heavy atom. The molecule has 0 bridgehead atoms. The molecule has 3 heterocycles. The average molecular weight is 465 g/mol. The number of halogens is 1. The third-order valence-electron chi connectivity index (χ3n) is 5.79. The molecule has 2 aromatic heterocycles. The van der Waals surface area contributed by atoms with E-state index in [1.165, 1.54) is 10.7 Å². The number of rotatable bonds is 8. The summed E-state index contributed by atoms with van der Waals surface area (Å²) < 4.78 is 35.9. The molecule has 0 radical (unpaired) electrons. The molecule has 5 rings (SSSR count). The van der Waals surface area contributed by atoms with Crippen LogP contribution in [0.5, 0.6) is 0 Å². The zero-order chi connectivity index (χ0) is 23.5. The third-order valence-corrected chi connectivity index (χ3v) is 5.79. The van der Waals surface area contributed by atoms with Gasteiger partial charge in [-0.05, 0) is 11.1 Å². The van der Waals surface area contributed by atoms with Crippen LogP contribution in [-0.4, -0.2) is 45.0 Å². The molecule has 1 aliphatic rings. The largest absolute Gasteiger partial charge is 0.380 e. The van der Waals surface area contributed by atoms with Crippen molar-refractivity contribution in [3.63, 3.8) is 0 Å². The van der Waals surface area contributed by atoms with Crippen molar-refractivity contribution in [2.75, 3.05) is 24.7 Å². The number of anilines is 2. The fraction of sp³-hybridized carbons (Fsp3) is 0.292. The first kappa shape index (κ1) is 22.2. The third kappa shape index (κ3) is 4.30. The van der Waals surface area contributed by atoms with Crippen LogP contribution in [0.4, 0.5) is 16.2 Å². The number of imidazole rings is 1. The molecule has 2 aromatic carbocycles. The lowest BCUT2D eigenvalue weighted by atomic mass is 9.95. The maximum Gasteiger partial charge on any atom is 0.240 e. The zero-order valence-electron chi connectivity index (χ0n) is 18.4. The van der Waals surface area contributed by atoms with Crippen LogP contribution in [0.3, 0.4) is 0 Å². The molecule has 0 amide bonds. The van der Waals surface area contributed by atoms with Gasteiger partial charge in [-0.1, -0.05) is 60.7 Å². The number of alkyl halides is 1. The Kier molecular flexibility index (Phi) is 6.10. The molecule has 1 unspecified atom stereocenters. The van der Waals surface area contributed by atoms with Gasteiger partial charge in [-0.2, -0.15) is 4.98 Å². The standard InChI is InChI=1S/C24H25FN6O3/c25-24(19-11-28-22-21(26)29-23(27)30-31(19)22)15-34-18(14-32-12-16-7-3-1-4-8-16)20(24)33-13-17-9-5-2-6-10-17/h1-11,18,20H,12-15H2,(H4,26,27,29,30)/t18-,20-,24?/m1/s1. The van der Waals surface area contributed by atoms with Gasteiger partial charge in [0.2, 0.25) is 11.6 Å². The first-order chi connectivity index (χ1) is 16.5. The summed E-state index contributed by atoms with van der Waals surface area (Å²) in [7, 11) is 0. The Morgan fingerprint density at radius 2 is 1.71 bits per heavy atom. The molecule has 1 fully saturated rings. The van der Waals surface area contributed by atoms with Gasteiger partial charge in [0.1, 0.15) is 17.9 Å². The van der Waals surface area contributed by atoms with Gasteiger partial charge in [0.05, 0.1) is 32.6 Å². The van der Waals surface area contributed by atoms with Gasteiger partial charge in [0.15, 0.2) is 11.5 Å². The second kappa shape index (κ2) is 9.34. The summed E-state index contributed by atoms with van der Waals surface area (Å²) in [5.74, 6) is -0.0259. The molecule has 0 spiro atoms. The molecule has 10 heteroatoms. The highest BCUT2D eigenvalue weighted by atomic mass is 19.1. The van der Waals surface area contributed by atoms with E-state index in [4.69, 9.17) is 25.7 Å². The first-order valence-corrected chi connectivity index (χ1v) is 10.9. The van der Waals surface area contributed by atoms with Crippen LogP contribution in [0.2, 0.25) is 0 Å². The van der Waals surface area contributed by atoms with Crippen molar-refractivity contribution >= 4 is 17.4 Å². The van der Waals surface area contributed by atoms with Crippen molar-refractivity contribution in [2.24, 2.45) is 0 Å². The van der Waals surface area contributed by atoms with Crippen molar-refractivity contribution in [1.29, 1.82) is 0 Å². The van der Waals surface area contributed by atoms with E-state index in [1.807, 2.05) is 60.7 Å². The maximum atomic E-state index is 16.7. The molecule has 1 aliphatic heterocycles. The van der Waals surface area contributed by atoms with E-state index in [9.17, 15) is 0 Å². The van der Waals surface area contributed by atoms with E-state index < -0.39 is 17.9 Å². The highest BCUT2D eigenvalue weighted by molar-refractivity contribution is 5.61. The minimum absolute atomic E-state index is 0.0609. The van der Waals surface area contributed by atoms with Crippen LogP contribution in [0.25, 0.3) is 5.65 Å². The summed E-state index contributed by atoms with van der Waals surface area (Å²) in [6.07, 6.45) is -0.268. The molecular formula is C24H25FN6O3. The van der Waals surface area contributed by atoms with Crippen LogP contribution >= 0.6 is 0 Å². The molecule has 34 heavy (non-hydrogen) atoms. The van der Waals surface area contributed by atoms with Crippen LogP contribution in [-0.2, 0) is 33.1 Å². The highest BCUT2D eigenvalue weighted by Gasteiger charge is 2.55. The van der Waals surface area contributed by atoms with Gasteiger partial charge in [-0.3, -0.25) is 0 Å². The van der Waals surface area contributed by atoms with Crippen molar-refractivity contribution in [3.8, 4) is 0 Å². The minimum Gasteiger partial charge on any atom is -0.380 e. The summed E-state index contributed by atoms with van der Waals surface area (Å²) in [6.45, 7) is 0.465. The summed E-state index contributed by atoms with van der Waals surface area (Å²) in [4.78, 5) is 8.10. The number of ether oxygens (including phenoxy) is 3. The molecule has 0 saturated carbocycles. The van der Waals surface area contributed by atoms with Crippen LogP contribution in [0.15, 0.2) is 66.9 Å². The maximum absolute atomic E-state index is 16.7. The summed E-state index contributed by atoms with van der Waals surface area (Å²) >= 11 is 0. The Morgan fingerprint density at radius 1 is 1.03 bits per heavy atom. The molecular weight excluding hydrogens is 439 g/mol. The minimum atomic E-state index is -2.07. The summed E-state index contributed by atoms with van der Waals surface area (Å²) in [5, 5.41) is 4.12. The molecule has 4 aromatic rings. The molecule has 0 aliphatic carbocycles. The van der Waals surface area contributed by atoms with Gasteiger partial charge in [-0.25, -0.2) is 13.9 Å². The lowest BCUT2D eigenvalue weighted by molar-refractivity contribution is -0.0860. The van der Waals surface area contributed by atoms with Crippen molar-refractivity contribution in [1.82, 2.24) is 19.6 Å². The number of fused-ring (bicyclic) bond motifs is 1. The number of hydrogen-bond acceptors (Lipinski definition) is 8. The quantitative estimate of drug-likeness (QED) is 0.408. The zero-order valence-corrected chi connectivity index (χ0v) is 18.4. The van der Waals surface area contributed by atoms with E-state index >= 15 is 4.39 Å². The highest BCUT2D eigenvalue weighted by Crippen LogP contribution is 2.41. The second-order valence-electron chi connectivity index (χ2n) is 8.16. The van der Waals surface area contributed by atoms with Crippen molar-refractivity contribution in [3.05, 3.63) is 83.7 Å². The summed E-state index contributed by atoms with van der Waals surface area (Å²) in [5.41, 5.74) is 11.9. The Hall–Kier alpha value is -3.60. The lowest BCUT2D eigenvalue weighted by Gasteiger charge is -2.28. The SMILES string of the molecule is Nc1nc(N)c2ncc(C3(F)CO[C@H](COCc4ccccc4)[C@H]3OCc3ccccc3)n2n1. The number of nitrogens with zero attached hydrogens (tertiary/aromatic N) is 4. The van der Waals surface area contributed by atoms with Crippen molar-refractivity contribution in [2.45, 2.75) is 31.1 Å². The van der Waals surface area contributed by atoms with E-state index in [1.54, 1.807) is 0 Å². The fourth-order valence-corrected chi connectivity index (χ4v) is 4.12. The van der Waals surface area contributed by atoms with E-state index in [0.717, 1.165) is 11.1 Å². The molecule has 4 N–H and O–H groups in total. The molecule has 3 atom stereocenters. The number of nitrogens with two attached hydrogens (primary N) is 2. The van der Waals surface area contributed by atoms with E-state index in [-0.39, 0.29) is 42.9 Å². The van der Waals surface area contributed by atoms with Gasteiger partial charge < -0.3 is 25.7 Å². The lowest BCUT2D eigenvalue weighted by Crippen LogP contribution is -2.42. The first-order valence-electron chi connectivity index (χ1n) is 10.9. The van der Waals surface area contributed by atoms with Gasteiger partial charge in [0, 0.05) is 0 Å². The van der Waals surface area contributed by atoms with Gasteiger partial charge >= 0.3 is 0 Å². The predicted molar refractivity (Wildman–Crippen MR) is 123 cm³/mol. The van der Waals surface area contributed by atoms with E-state index in [0.29, 0.717) is 6.61 Å². The van der Waals surface area contributed by atoms with Gasteiger partial charge in [0.25, 0.3) is 0 Å². The Bertz CT molecular complexity index is 1260. The van der Waals surface area contributed by atoms with E-state index in [2.05, 4.69) is 15.1 Å². The summed E-state index contributed by atoms with van der Waals surface area (Å²) in [6, 6.07) is 19.3. The number of nitrogen functional groups attached to an aromatic ring is 2. The Labute approximate surface area is 195 Å². The molecule has 9 nitrogen and oxygen atoms in total. The monoisotopic (exact) mass is 464 g/mol. The van der Waals surface area contributed by atoms with Crippen molar-refractivity contribution < 1.29 is 18.6 Å². The Balaban J connectivity index is 1.41. The van der Waals surface area contributed by atoms with Crippen LogP contribution < -0.4 is 11.5 Å². The predicted octanol–water partition coefficient (Wildman–Crippen LogP) is 2.65. The average Bonchev–Trinajstić information content (AvgIpc) is 3.41. The fourth-order valence-electron chi connectivity index (χ4n) is 4.12. The number of aromatic nitrogens is 4. The number of benzene rings is 2.